The largest absolute Gasteiger partial charge is 0.378 e. The van der Waals surface area contributed by atoms with Crippen LogP contribution >= 0.6 is 15.9 Å². The minimum absolute atomic E-state index is 0.121. The topological polar surface area (TPSA) is 78.9 Å². The van der Waals surface area contributed by atoms with Gasteiger partial charge in [-0.2, -0.15) is 5.10 Å². The number of carbonyl (C=O) groups excluding carboxylic acids is 1. The summed E-state index contributed by atoms with van der Waals surface area (Å²) in [5.41, 5.74) is 4.19. The van der Waals surface area contributed by atoms with E-state index in [0.29, 0.717) is 0 Å². The van der Waals surface area contributed by atoms with Crippen LogP contribution in [0.5, 0.6) is 0 Å². The van der Waals surface area contributed by atoms with Gasteiger partial charge in [-0.3, -0.25) is 4.79 Å². The van der Waals surface area contributed by atoms with Gasteiger partial charge in [0.15, 0.2) is 0 Å². The van der Waals surface area contributed by atoms with Crippen LogP contribution in [0.3, 0.4) is 0 Å². The number of halogens is 1. The van der Waals surface area contributed by atoms with Crippen LogP contribution in [-0.4, -0.2) is 50.0 Å². The molecule has 2 aromatic rings. The molecule has 0 saturated carbocycles. The van der Waals surface area contributed by atoms with Gasteiger partial charge < -0.3 is 15.0 Å². The van der Waals surface area contributed by atoms with Crippen molar-refractivity contribution in [3.8, 4) is 0 Å². The van der Waals surface area contributed by atoms with Crippen molar-refractivity contribution in [2.75, 3.05) is 43.1 Å². The summed E-state index contributed by atoms with van der Waals surface area (Å²) in [4.78, 5) is 18.4. The van der Waals surface area contributed by atoms with E-state index in [0.717, 1.165) is 47.8 Å². The lowest BCUT2D eigenvalue weighted by atomic mass is 10.2. The molecule has 0 bridgehead atoms. The van der Waals surface area contributed by atoms with E-state index in [-0.39, 0.29) is 12.5 Å². The van der Waals surface area contributed by atoms with E-state index in [4.69, 9.17) is 4.74 Å². The van der Waals surface area contributed by atoms with Gasteiger partial charge in [0, 0.05) is 17.6 Å². The smallest absolute Gasteiger partial charge is 0.259 e. The third-order valence-electron chi connectivity index (χ3n) is 3.81. The van der Waals surface area contributed by atoms with E-state index >= 15 is 0 Å². The number of benzene rings is 1. The molecule has 8 heteroatoms. The maximum atomic E-state index is 11.8. The third-order valence-corrected chi connectivity index (χ3v) is 4.34. The number of nitrogens with one attached hydrogen (secondary N) is 2. The summed E-state index contributed by atoms with van der Waals surface area (Å²) >= 11 is 3.37. The Bertz CT molecular complexity index is 743. The fraction of sp³-hybridized carbons (Fsp3) is 0.278. The molecule has 1 saturated heterocycles. The molecule has 0 atom stereocenters. The average Bonchev–Trinajstić information content (AvgIpc) is 2.69. The Morgan fingerprint density at radius 3 is 2.69 bits per heavy atom. The van der Waals surface area contributed by atoms with Crippen LogP contribution in [0.2, 0.25) is 0 Å². The fourth-order valence-electron chi connectivity index (χ4n) is 2.42. The molecule has 1 fully saturated rings. The summed E-state index contributed by atoms with van der Waals surface area (Å²) in [6.07, 6.45) is 3.33. The normalized spacial score (nSPS) is 14.4. The first-order chi connectivity index (χ1) is 12.7. The molecule has 0 unspecified atom stereocenters. The fourth-order valence-corrected chi connectivity index (χ4v) is 2.68. The Labute approximate surface area is 160 Å². The van der Waals surface area contributed by atoms with Crippen molar-refractivity contribution in [1.29, 1.82) is 0 Å². The number of pyridine rings is 1. The van der Waals surface area contributed by atoms with Crippen molar-refractivity contribution < 1.29 is 9.53 Å². The number of carbonyl (C=O) groups is 1. The van der Waals surface area contributed by atoms with Crippen LogP contribution in [0.4, 0.5) is 11.5 Å². The number of rotatable bonds is 6. The van der Waals surface area contributed by atoms with Crippen LogP contribution in [0.15, 0.2) is 52.2 Å². The van der Waals surface area contributed by atoms with Crippen molar-refractivity contribution >= 4 is 39.6 Å². The van der Waals surface area contributed by atoms with Gasteiger partial charge >= 0.3 is 0 Å². The van der Waals surface area contributed by atoms with Crippen molar-refractivity contribution in [3.63, 3.8) is 0 Å². The van der Waals surface area contributed by atoms with Gasteiger partial charge in [0.05, 0.1) is 37.9 Å². The van der Waals surface area contributed by atoms with Crippen molar-refractivity contribution in [2.24, 2.45) is 5.10 Å². The summed E-state index contributed by atoms with van der Waals surface area (Å²) in [5, 5.41) is 6.98. The molecule has 3 rings (SSSR count). The first-order valence-corrected chi connectivity index (χ1v) is 9.10. The minimum Gasteiger partial charge on any atom is -0.378 e. The zero-order valence-electron chi connectivity index (χ0n) is 14.2. The van der Waals surface area contributed by atoms with E-state index in [2.05, 4.69) is 41.7 Å². The Balaban J connectivity index is 1.43. The number of morpholine rings is 1. The predicted octanol–water partition coefficient (Wildman–Crippen LogP) is 2.24. The molecule has 7 nitrogen and oxygen atoms in total. The second-order valence-electron chi connectivity index (χ2n) is 5.70. The Morgan fingerprint density at radius 1 is 1.23 bits per heavy atom. The maximum absolute atomic E-state index is 11.8. The Hall–Kier alpha value is -2.45. The lowest BCUT2D eigenvalue weighted by molar-refractivity contribution is -0.119. The number of nitrogens with zero attached hydrogens (tertiary/aromatic N) is 3. The van der Waals surface area contributed by atoms with Gasteiger partial charge in [-0.1, -0.05) is 28.1 Å². The highest BCUT2D eigenvalue weighted by Crippen LogP contribution is 2.15. The monoisotopic (exact) mass is 417 g/mol. The minimum atomic E-state index is -0.226. The van der Waals surface area contributed by atoms with Gasteiger partial charge in [0.1, 0.15) is 5.82 Å². The number of hydrogen-bond acceptors (Lipinski definition) is 6. The van der Waals surface area contributed by atoms with Crippen LogP contribution in [-0.2, 0) is 9.53 Å². The second-order valence-corrected chi connectivity index (χ2v) is 6.62. The Kier molecular flexibility index (Phi) is 6.56. The third kappa shape index (κ3) is 5.53. The number of ether oxygens (including phenoxy) is 1. The quantitative estimate of drug-likeness (QED) is 0.556. The lowest BCUT2D eigenvalue weighted by Gasteiger charge is -2.27. The van der Waals surface area contributed by atoms with Crippen LogP contribution in [0, 0.1) is 0 Å². The van der Waals surface area contributed by atoms with Gasteiger partial charge in [-0.25, -0.2) is 10.4 Å². The molecule has 26 heavy (non-hydrogen) atoms. The van der Waals surface area contributed by atoms with E-state index in [1.165, 1.54) is 0 Å². The standard InChI is InChI=1S/C18H20BrN5O2/c19-15-3-1-14(2-4-15)11-22-23-18(25)13-20-16-5-6-17(21-12-16)24-7-9-26-10-8-24/h1-6,11-12,20H,7-10,13H2,(H,23,25)/b22-11-. The molecule has 136 valence electrons. The molecule has 0 spiro atoms. The van der Waals surface area contributed by atoms with Crippen molar-refractivity contribution in [1.82, 2.24) is 10.4 Å². The highest BCUT2D eigenvalue weighted by molar-refractivity contribution is 9.10. The maximum Gasteiger partial charge on any atom is 0.259 e. The van der Waals surface area contributed by atoms with Crippen molar-refractivity contribution in [2.45, 2.75) is 0 Å². The van der Waals surface area contributed by atoms with Gasteiger partial charge in [-0.05, 0) is 29.8 Å². The first kappa shape index (κ1) is 18.3. The summed E-state index contributed by atoms with van der Waals surface area (Å²) < 4.78 is 6.33. The zero-order chi connectivity index (χ0) is 18.2. The van der Waals surface area contributed by atoms with E-state index in [1.54, 1.807) is 12.4 Å². The van der Waals surface area contributed by atoms with E-state index in [1.807, 2.05) is 36.4 Å². The average molecular weight is 418 g/mol. The summed E-state index contributed by atoms with van der Waals surface area (Å²) in [6, 6.07) is 11.5. The number of hydrogen-bond donors (Lipinski definition) is 2. The molecule has 2 heterocycles. The molecular formula is C18H20BrN5O2. The molecule has 1 aliphatic rings. The number of aromatic nitrogens is 1. The predicted molar refractivity (Wildman–Crippen MR) is 106 cm³/mol. The Morgan fingerprint density at radius 2 is 2.00 bits per heavy atom. The van der Waals surface area contributed by atoms with E-state index < -0.39 is 0 Å². The highest BCUT2D eigenvalue weighted by Gasteiger charge is 2.11. The lowest BCUT2D eigenvalue weighted by Crippen LogP contribution is -2.36. The molecule has 1 aromatic heterocycles. The molecule has 1 aliphatic heterocycles. The van der Waals surface area contributed by atoms with Gasteiger partial charge in [0.2, 0.25) is 0 Å². The van der Waals surface area contributed by atoms with Gasteiger partial charge in [0.25, 0.3) is 5.91 Å². The highest BCUT2D eigenvalue weighted by atomic mass is 79.9. The SMILES string of the molecule is O=C(CNc1ccc(N2CCOCC2)nc1)N/N=C\c1ccc(Br)cc1. The van der Waals surface area contributed by atoms with Crippen LogP contribution < -0.4 is 15.6 Å². The zero-order valence-corrected chi connectivity index (χ0v) is 15.8. The summed E-state index contributed by atoms with van der Waals surface area (Å²) in [7, 11) is 0. The van der Waals surface area contributed by atoms with Gasteiger partial charge in [-0.15, -0.1) is 0 Å². The second kappa shape index (κ2) is 9.30. The van der Waals surface area contributed by atoms with Crippen molar-refractivity contribution in [3.05, 3.63) is 52.6 Å². The first-order valence-electron chi connectivity index (χ1n) is 8.31. The molecule has 2 N–H and O–H groups in total. The summed E-state index contributed by atoms with van der Waals surface area (Å²) in [6.45, 7) is 3.26. The summed E-state index contributed by atoms with van der Waals surface area (Å²) in [5.74, 6) is 0.693. The molecule has 0 radical (unpaired) electrons. The number of hydrazone groups is 1. The molecular weight excluding hydrogens is 398 g/mol. The molecule has 1 amide bonds. The van der Waals surface area contributed by atoms with Crippen LogP contribution in [0.25, 0.3) is 0 Å². The van der Waals surface area contributed by atoms with Crippen LogP contribution in [0.1, 0.15) is 5.56 Å². The van der Waals surface area contributed by atoms with E-state index in [9.17, 15) is 4.79 Å². The molecule has 0 aliphatic carbocycles. The number of anilines is 2. The number of amides is 1. The molecule has 1 aromatic carbocycles.